The highest BCUT2D eigenvalue weighted by molar-refractivity contribution is 5.73. The van der Waals surface area contributed by atoms with Gasteiger partial charge in [-0.15, -0.1) is 0 Å². The first kappa shape index (κ1) is 18.0. The van der Waals surface area contributed by atoms with E-state index in [1.165, 1.54) is 5.56 Å². The Morgan fingerprint density at radius 2 is 2.00 bits per heavy atom. The normalized spacial score (nSPS) is 23.2. The summed E-state index contributed by atoms with van der Waals surface area (Å²) in [6, 6.07) is 12.3. The molecule has 0 N–H and O–H groups in total. The van der Waals surface area contributed by atoms with Crippen LogP contribution in [0.15, 0.2) is 48.8 Å². The molecule has 2 aliphatic rings. The third-order valence-electron chi connectivity index (χ3n) is 5.68. The van der Waals surface area contributed by atoms with Gasteiger partial charge >= 0.3 is 0 Å². The zero-order chi connectivity index (χ0) is 18.6. The van der Waals surface area contributed by atoms with Crippen molar-refractivity contribution in [1.82, 2.24) is 14.8 Å². The van der Waals surface area contributed by atoms with E-state index in [0.29, 0.717) is 19.0 Å². The molecule has 1 saturated heterocycles. The van der Waals surface area contributed by atoms with Crippen molar-refractivity contribution in [2.45, 2.75) is 39.0 Å². The second-order valence-electron chi connectivity index (χ2n) is 7.66. The minimum atomic E-state index is 0.0396. The van der Waals surface area contributed by atoms with Gasteiger partial charge < -0.3 is 9.64 Å². The standard InChI is InChI=1S/C22H27N3O2/c1-17(26)25-15-20-5-2-3-7-21(20)27-22(16-25)19-6-4-12-24(14-19)13-18-8-10-23-11-9-18/h2-3,5,7-11,19,22H,4,6,12-16H2,1H3/t19-,22+/m1/s1. The zero-order valence-electron chi connectivity index (χ0n) is 15.9. The van der Waals surface area contributed by atoms with Crippen LogP contribution < -0.4 is 4.74 Å². The van der Waals surface area contributed by atoms with Crippen LogP contribution in [0.2, 0.25) is 0 Å². The lowest BCUT2D eigenvalue weighted by molar-refractivity contribution is -0.130. The van der Waals surface area contributed by atoms with Gasteiger partial charge in [0.15, 0.2) is 0 Å². The topological polar surface area (TPSA) is 45.7 Å². The van der Waals surface area contributed by atoms with E-state index in [-0.39, 0.29) is 12.0 Å². The summed E-state index contributed by atoms with van der Waals surface area (Å²) in [6.07, 6.45) is 6.06. The number of rotatable bonds is 3. The van der Waals surface area contributed by atoms with Crippen LogP contribution in [0.4, 0.5) is 0 Å². The van der Waals surface area contributed by atoms with Crippen molar-refractivity contribution in [3.63, 3.8) is 0 Å². The third-order valence-corrected chi connectivity index (χ3v) is 5.68. The van der Waals surface area contributed by atoms with Crippen LogP contribution in [-0.2, 0) is 17.9 Å². The fourth-order valence-electron chi connectivity index (χ4n) is 4.21. The first-order valence-electron chi connectivity index (χ1n) is 9.80. The van der Waals surface area contributed by atoms with Gasteiger partial charge in [-0.3, -0.25) is 14.7 Å². The number of ether oxygens (including phenoxy) is 1. The Kier molecular flexibility index (Phi) is 5.39. The minimum absolute atomic E-state index is 0.0396. The number of fused-ring (bicyclic) bond motifs is 1. The van der Waals surface area contributed by atoms with E-state index in [0.717, 1.165) is 43.8 Å². The molecule has 5 nitrogen and oxygen atoms in total. The average Bonchev–Trinajstić information content (AvgIpc) is 2.89. The maximum atomic E-state index is 12.1. The van der Waals surface area contributed by atoms with Crippen LogP contribution >= 0.6 is 0 Å². The lowest BCUT2D eigenvalue weighted by atomic mass is 9.91. The molecule has 142 valence electrons. The van der Waals surface area contributed by atoms with Crippen LogP contribution in [-0.4, -0.2) is 46.4 Å². The first-order valence-corrected chi connectivity index (χ1v) is 9.80. The monoisotopic (exact) mass is 365 g/mol. The molecule has 0 aliphatic carbocycles. The molecule has 0 radical (unpaired) electrons. The van der Waals surface area contributed by atoms with Crippen molar-refractivity contribution in [2.75, 3.05) is 19.6 Å². The molecule has 0 unspecified atom stereocenters. The van der Waals surface area contributed by atoms with E-state index in [1.54, 1.807) is 6.92 Å². The van der Waals surface area contributed by atoms with Gasteiger partial charge in [0.05, 0.1) is 6.54 Å². The quantitative estimate of drug-likeness (QED) is 0.838. The number of pyridine rings is 1. The molecule has 0 spiro atoms. The third kappa shape index (κ3) is 4.30. The molecule has 3 heterocycles. The molecule has 1 aromatic carbocycles. The summed E-state index contributed by atoms with van der Waals surface area (Å²) in [5.41, 5.74) is 2.39. The maximum absolute atomic E-state index is 12.1. The number of benzene rings is 1. The van der Waals surface area contributed by atoms with Gasteiger partial charge in [-0.25, -0.2) is 0 Å². The molecule has 4 rings (SSSR count). The highest BCUT2D eigenvalue weighted by atomic mass is 16.5. The molecule has 1 amide bonds. The molecule has 2 atom stereocenters. The van der Waals surface area contributed by atoms with E-state index in [4.69, 9.17) is 4.74 Å². The van der Waals surface area contributed by atoms with Crippen LogP contribution in [0, 0.1) is 5.92 Å². The highest BCUT2D eigenvalue weighted by Gasteiger charge is 2.33. The molecule has 5 heteroatoms. The van der Waals surface area contributed by atoms with Gasteiger partial charge in [0.2, 0.25) is 5.91 Å². The molecule has 2 aliphatic heterocycles. The summed E-state index contributed by atoms with van der Waals surface area (Å²) < 4.78 is 6.44. The number of likely N-dealkylation sites (tertiary alicyclic amines) is 1. The largest absolute Gasteiger partial charge is 0.488 e. The van der Waals surface area contributed by atoms with Crippen molar-refractivity contribution in [3.05, 3.63) is 59.9 Å². The van der Waals surface area contributed by atoms with E-state index >= 15 is 0 Å². The summed E-state index contributed by atoms with van der Waals surface area (Å²) >= 11 is 0. The van der Waals surface area contributed by atoms with Crippen LogP contribution in [0.25, 0.3) is 0 Å². The smallest absolute Gasteiger partial charge is 0.219 e. The Morgan fingerprint density at radius 1 is 1.19 bits per heavy atom. The highest BCUT2D eigenvalue weighted by Crippen LogP contribution is 2.30. The van der Waals surface area contributed by atoms with Crippen LogP contribution in [0.3, 0.4) is 0 Å². The van der Waals surface area contributed by atoms with Crippen molar-refractivity contribution in [1.29, 1.82) is 0 Å². The predicted octanol–water partition coefficient (Wildman–Crippen LogP) is 3.10. The lowest BCUT2D eigenvalue weighted by Gasteiger charge is -2.37. The van der Waals surface area contributed by atoms with Gasteiger partial charge in [-0.2, -0.15) is 0 Å². The maximum Gasteiger partial charge on any atom is 0.219 e. The van der Waals surface area contributed by atoms with Gasteiger partial charge in [-0.1, -0.05) is 18.2 Å². The number of carbonyl (C=O) groups excluding carboxylic acids is 1. The molecule has 0 saturated carbocycles. The van der Waals surface area contributed by atoms with Gasteiger partial charge in [0.25, 0.3) is 0 Å². The summed E-state index contributed by atoms with van der Waals surface area (Å²) in [5, 5.41) is 0. The fraction of sp³-hybridized carbons (Fsp3) is 0.455. The Bertz CT molecular complexity index is 780. The predicted molar refractivity (Wildman–Crippen MR) is 104 cm³/mol. The number of hydrogen-bond donors (Lipinski definition) is 0. The van der Waals surface area contributed by atoms with Crippen molar-refractivity contribution in [3.8, 4) is 5.75 Å². The zero-order valence-corrected chi connectivity index (χ0v) is 15.9. The lowest BCUT2D eigenvalue weighted by Crippen LogP contribution is -2.46. The van der Waals surface area contributed by atoms with Gasteiger partial charge in [-0.05, 0) is 43.1 Å². The molecule has 27 heavy (non-hydrogen) atoms. The number of para-hydroxylation sites is 1. The number of nitrogens with zero attached hydrogens (tertiary/aromatic N) is 3. The van der Waals surface area contributed by atoms with Crippen molar-refractivity contribution < 1.29 is 9.53 Å². The number of carbonyl (C=O) groups is 1. The molecular weight excluding hydrogens is 338 g/mol. The summed E-state index contributed by atoms with van der Waals surface area (Å²) in [4.78, 5) is 20.7. The Balaban J connectivity index is 1.50. The Labute approximate surface area is 161 Å². The van der Waals surface area contributed by atoms with Crippen LogP contribution in [0.1, 0.15) is 30.9 Å². The second kappa shape index (κ2) is 8.09. The van der Waals surface area contributed by atoms with E-state index in [1.807, 2.05) is 35.5 Å². The SMILES string of the molecule is CC(=O)N1Cc2ccccc2O[C@H]([C@@H]2CCCN(Cc3ccncc3)C2)C1. The number of piperidine rings is 1. The molecule has 2 aromatic rings. The fourth-order valence-corrected chi connectivity index (χ4v) is 4.21. The van der Waals surface area contributed by atoms with Gasteiger partial charge in [0, 0.05) is 50.4 Å². The molecular formula is C22H27N3O2. The Morgan fingerprint density at radius 3 is 2.81 bits per heavy atom. The average molecular weight is 365 g/mol. The Hall–Kier alpha value is -2.40. The molecule has 0 bridgehead atoms. The number of hydrogen-bond acceptors (Lipinski definition) is 4. The number of amides is 1. The van der Waals surface area contributed by atoms with E-state index < -0.39 is 0 Å². The van der Waals surface area contributed by atoms with E-state index in [2.05, 4.69) is 28.1 Å². The summed E-state index contributed by atoms with van der Waals surface area (Å²) in [5.74, 6) is 1.47. The minimum Gasteiger partial charge on any atom is -0.488 e. The van der Waals surface area contributed by atoms with Crippen molar-refractivity contribution in [2.24, 2.45) is 5.92 Å². The first-order chi connectivity index (χ1) is 13.2. The van der Waals surface area contributed by atoms with Crippen molar-refractivity contribution >= 4 is 5.91 Å². The second-order valence-corrected chi connectivity index (χ2v) is 7.66. The van der Waals surface area contributed by atoms with Gasteiger partial charge in [0.1, 0.15) is 11.9 Å². The molecule has 1 aromatic heterocycles. The number of aromatic nitrogens is 1. The summed E-state index contributed by atoms with van der Waals surface area (Å²) in [6.45, 7) is 6.01. The van der Waals surface area contributed by atoms with E-state index in [9.17, 15) is 4.79 Å². The molecule has 1 fully saturated rings. The van der Waals surface area contributed by atoms with Crippen LogP contribution in [0.5, 0.6) is 5.75 Å². The summed E-state index contributed by atoms with van der Waals surface area (Å²) in [7, 11) is 0.